The Labute approximate surface area is 172 Å². The van der Waals surface area contributed by atoms with Crippen LogP contribution in [0.25, 0.3) is 17.3 Å². The maximum atomic E-state index is 12.6. The van der Waals surface area contributed by atoms with Crippen molar-refractivity contribution in [2.75, 3.05) is 24.3 Å². The maximum absolute atomic E-state index is 12.6. The third-order valence-electron chi connectivity index (χ3n) is 4.86. The summed E-state index contributed by atoms with van der Waals surface area (Å²) in [6, 6.07) is 12.9. The van der Waals surface area contributed by atoms with E-state index in [1.165, 1.54) is 16.7 Å². The SMILES string of the molecule is CN(C(=O)CSc1nnc(-c2ccco2)n1-c1ccccc1)[C@H]1CCS(=O)(=O)C1. The number of rotatable bonds is 6. The van der Waals surface area contributed by atoms with Crippen LogP contribution in [0.4, 0.5) is 0 Å². The van der Waals surface area contributed by atoms with E-state index in [1.54, 1.807) is 25.4 Å². The zero-order chi connectivity index (χ0) is 20.4. The standard InChI is InChI=1S/C19H20N4O4S2/c1-22(15-9-11-29(25,26)13-15)17(24)12-28-19-21-20-18(16-8-5-10-27-16)23(19)14-6-3-2-4-7-14/h2-8,10,15H,9,11-13H2,1H3/t15-/m0/s1. The summed E-state index contributed by atoms with van der Waals surface area (Å²) in [7, 11) is -1.39. The molecule has 1 aliphatic heterocycles. The summed E-state index contributed by atoms with van der Waals surface area (Å²) in [5, 5.41) is 9.06. The van der Waals surface area contributed by atoms with Gasteiger partial charge < -0.3 is 9.32 Å². The summed E-state index contributed by atoms with van der Waals surface area (Å²) < 4.78 is 30.7. The van der Waals surface area contributed by atoms with Gasteiger partial charge in [0, 0.05) is 18.8 Å². The molecule has 1 aromatic carbocycles. The number of carbonyl (C=O) groups excluding carboxylic acids is 1. The largest absolute Gasteiger partial charge is 0.461 e. The molecule has 0 bridgehead atoms. The molecule has 3 aromatic rings. The molecule has 10 heteroatoms. The molecule has 152 valence electrons. The van der Waals surface area contributed by atoms with E-state index in [2.05, 4.69) is 10.2 Å². The predicted octanol–water partition coefficient (Wildman–Crippen LogP) is 2.26. The number of nitrogens with zero attached hydrogens (tertiary/aromatic N) is 4. The van der Waals surface area contributed by atoms with Crippen LogP contribution < -0.4 is 0 Å². The molecule has 4 rings (SSSR count). The second kappa shape index (κ2) is 8.03. The molecule has 1 amide bonds. The minimum atomic E-state index is -3.04. The molecule has 0 N–H and O–H groups in total. The third-order valence-corrected chi connectivity index (χ3v) is 7.53. The van der Waals surface area contributed by atoms with E-state index in [1.807, 2.05) is 34.9 Å². The zero-order valence-corrected chi connectivity index (χ0v) is 17.4. The minimum absolute atomic E-state index is 0.0305. The van der Waals surface area contributed by atoms with Crippen molar-refractivity contribution in [3.05, 3.63) is 48.7 Å². The van der Waals surface area contributed by atoms with Crippen molar-refractivity contribution in [1.82, 2.24) is 19.7 Å². The Kier molecular flexibility index (Phi) is 5.46. The van der Waals surface area contributed by atoms with E-state index >= 15 is 0 Å². The van der Waals surface area contributed by atoms with Crippen LogP contribution in [0.5, 0.6) is 0 Å². The van der Waals surface area contributed by atoms with Gasteiger partial charge in [-0.15, -0.1) is 10.2 Å². The van der Waals surface area contributed by atoms with Gasteiger partial charge in [-0.1, -0.05) is 30.0 Å². The Morgan fingerprint density at radius 1 is 1.24 bits per heavy atom. The van der Waals surface area contributed by atoms with Crippen LogP contribution in [0.15, 0.2) is 58.3 Å². The first kappa shape index (κ1) is 19.7. The highest BCUT2D eigenvalue weighted by molar-refractivity contribution is 7.99. The number of thioether (sulfide) groups is 1. The fourth-order valence-corrected chi connectivity index (χ4v) is 5.90. The Morgan fingerprint density at radius 2 is 2.03 bits per heavy atom. The lowest BCUT2D eigenvalue weighted by Gasteiger charge is -2.23. The quantitative estimate of drug-likeness (QED) is 0.551. The van der Waals surface area contributed by atoms with Crippen molar-refractivity contribution in [2.45, 2.75) is 17.6 Å². The fourth-order valence-electron chi connectivity index (χ4n) is 3.25. The van der Waals surface area contributed by atoms with Crippen LogP contribution in [-0.4, -0.2) is 64.3 Å². The highest BCUT2D eigenvalue weighted by Gasteiger charge is 2.32. The van der Waals surface area contributed by atoms with Crippen molar-refractivity contribution >= 4 is 27.5 Å². The molecule has 3 heterocycles. The molecular formula is C19H20N4O4S2. The van der Waals surface area contributed by atoms with Gasteiger partial charge in [-0.25, -0.2) is 8.42 Å². The van der Waals surface area contributed by atoms with Gasteiger partial charge in [0.25, 0.3) is 0 Å². The predicted molar refractivity (Wildman–Crippen MR) is 110 cm³/mol. The highest BCUT2D eigenvalue weighted by atomic mass is 32.2. The van der Waals surface area contributed by atoms with E-state index in [4.69, 9.17) is 4.42 Å². The number of carbonyl (C=O) groups is 1. The molecule has 0 saturated carbocycles. The molecular weight excluding hydrogens is 412 g/mol. The summed E-state index contributed by atoms with van der Waals surface area (Å²) in [5.74, 6) is 1.29. The summed E-state index contributed by atoms with van der Waals surface area (Å²) in [6.07, 6.45) is 2.05. The first-order valence-corrected chi connectivity index (χ1v) is 11.9. The van der Waals surface area contributed by atoms with E-state index in [-0.39, 0.29) is 29.2 Å². The number of hydrogen-bond donors (Lipinski definition) is 0. The van der Waals surface area contributed by atoms with Crippen molar-refractivity contribution in [2.24, 2.45) is 0 Å². The van der Waals surface area contributed by atoms with E-state index < -0.39 is 9.84 Å². The van der Waals surface area contributed by atoms with Gasteiger partial charge in [0.1, 0.15) is 0 Å². The van der Waals surface area contributed by atoms with Crippen molar-refractivity contribution in [3.63, 3.8) is 0 Å². The van der Waals surface area contributed by atoms with Crippen LogP contribution in [0.1, 0.15) is 6.42 Å². The van der Waals surface area contributed by atoms with Crippen LogP contribution in [-0.2, 0) is 14.6 Å². The van der Waals surface area contributed by atoms with Crippen LogP contribution in [0.2, 0.25) is 0 Å². The van der Waals surface area contributed by atoms with Crippen molar-refractivity contribution < 1.29 is 17.6 Å². The average Bonchev–Trinajstić information content (AvgIpc) is 3.45. The minimum Gasteiger partial charge on any atom is -0.461 e. The van der Waals surface area contributed by atoms with Crippen LogP contribution >= 0.6 is 11.8 Å². The lowest BCUT2D eigenvalue weighted by Crippen LogP contribution is -2.38. The molecule has 1 atom stereocenters. The topological polar surface area (TPSA) is 98.3 Å². The normalized spacial score (nSPS) is 18.0. The number of amides is 1. The highest BCUT2D eigenvalue weighted by Crippen LogP contribution is 2.28. The van der Waals surface area contributed by atoms with Gasteiger partial charge in [0.05, 0.1) is 23.5 Å². The Morgan fingerprint density at radius 3 is 2.69 bits per heavy atom. The lowest BCUT2D eigenvalue weighted by molar-refractivity contribution is -0.128. The zero-order valence-electron chi connectivity index (χ0n) is 15.8. The molecule has 2 aromatic heterocycles. The average molecular weight is 433 g/mol. The van der Waals surface area contributed by atoms with E-state index in [0.29, 0.717) is 23.2 Å². The molecule has 29 heavy (non-hydrogen) atoms. The van der Waals surface area contributed by atoms with Crippen LogP contribution in [0.3, 0.4) is 0 Å². The number of sulfone groups is 1. The summed E-state index contributed by atoms with van der Waals surface area (Å²) in [5.41, 5.74) is 0.856. The summed E-state index contributed by atoms with van der Waals surface area (Å²) in [4.78, 5) is 14.2. The Bertz CT molecular complexity index is 1090. The molecule has 1 fully saturated rings. The van der Waals surface area contributed by atoms with Gasteiger partial charge in [-0.2, -0.15) is 0 Å². The molecule has 0 unspecified atom stereocenters. The number of hydrogen-bond acceptors (Lipinski definition) is 7. The first-order chi connectivity index (χ1) is 13.9. The van der Waals surface area contributed by atoms with Crippen molar-refractivity contribution in [1.29, 1.82) is 0 Å². The summed E-state index contributed by atoms with van der Waals surface area (Å²) >= 11 is 1.26. The second-order valence-electron chi connectivity index (χ2n) is 6.80. The molecule has 1 saturated heterocycles. The van der Waals surface area contributed by atoms with Gasteiger partial charge in [-0.05, 0) is 30.7 Å². The third kappa shape index (κ3) is 4.23. The second-order valence-corrected chi connectivity index (χ2v) is 9.98. The number of furan rings is 1. The maximum Gasteiger partial charge on any atom is 0.233 e. The first-order valence-electron chi connectivity index (χ1n) is 9.08. The van der Waals surface area contributed by atoms with Gasteiger partial charge in [0.15, 0.2) is 20.8 Å². The number of para-hydroxylation sites is 1. The molecule has 0 radical (unpaired) electrons. The molecule has 0 aliphatic carbocycles. The molecule has 0 spiro atoms. The smallest absolute Gasteiger partial charge is 0.233 e. The van der Waals surface area contributed by atoms with Gasteiger partial charge in [-0.3, -0.25) is 9.36 Å². The fraction of sp³-hybridized carbons (Fsp3) is 0.316. The van der Waals surface area contributed by atoms with Crippen LogP contribution in [0, 0.1) is 0 Å². The summed E-state index contributed by atoms with van der Waals surface area (Å²) in [6.45, 7) is 0. The lowest BCUT2D eigenvalue weighted by atomic mass is 10.2. The van der Waals surface area contributed by atoms with Crippen molar-refractivity contribution in [3.8, 4) is 17.3 Å². The number of benzene rings is 1. The van der Waals surface area contributed by atoms with Gasteiger partial charge >= 0.3 is 0 Å². The molecule has 8 nitrogen and oxygen atoms in total. The van der Waals surface area contributed by atoms with E-state index in [0.717, 1.165) is 5.69 Å². The number of aromatic nitrogens is 3. The monoisotopic (exact) mass is 432 g/mol. The Balaban J connectivity index is 1.54. The molecule has 1 aliphatic rings. The Hall–Kier alpha value is -2.59. The van der Waals surface area contributed by atoms with Gasteiger partial charge in [0.2, 0.25) is 11.7 Å². The van der Waals surface area contributed by atoms with E-state index in [9.17, 15) is 13.2 Å².